The standard InChI is InChI=1S/C32H35N5O2S/c1-18-14-19(2)30(20(3)15-18)36-21(4)16-25(22(36)5)31-29(26-10-8-9-13-33-26)35-32(40)37(31)24-11-12-28(39-7)27(17-24)34-23(6)38/h8-17,29,31H,1-7H3,(H,34,38)(H,35,40)/t29-,31-/m1/s1. The molecule has 2 atom stereocenters. The number of amides is 1. The Balaban J connectivity index is 1.71. The van der Waals surface area contributed by atoms with Crippen LogP contribution in [0.15, 0.2) is 60.8 Å². The Morgan fingerprint density at radius 3 is 2.38 bits per heavy atom. The van der Waals surface area contributed by atoms with Gasteiger partial charge >= 0.3 is 0 Å². The number of pyridine rings is 1. The minimum atomic E-state index is -0.188. The molecule has 1 amide bonds. The SMILES string of the molecule is COc1ccc(N2C(=S)N[C@H](c3ccccn3)[C@H]2c2cc(C)n(-c3c(C)cc(C)cc3C)c2C)cc1NC(C)=O. The number of aromatic nitrogens is 2. The maximum atomic E-state index is 12.0. The molecule has 2 aromatic heterocycles. The summed E-state index contributed by atoms with van der Waals surface area (Å²) in [6.07, 6.45) is 1.81. The van der Waals surface area contributed by atoms with Gasteiger partial charge in [0.05, 0.1) is 36.3 Å². The molecular weight excluding hydrogens is 518 g/mol. The van der Waals surface area contributed by atoms with E-state index in [1.807, 2.05) is 42.6 Å². The van der Waals surface area contributed by atoms with Gasteiger partial charge in [-0.3, -0.25) is 9.78 Å². The van der Waals surface area contributed by atoms with Gasteiger partial charge in [-0.15, -0.1) is 0 Å². The first-order chi connectivity index (χ1) is 19.1. The molecule has 1 fully saturated rings. The molecule has 0 bridgehead atoms. The zero-order valence-corrected chi connectivity index (χ0v) is 24.8. The molecule has 2 aromatic carbocycles. The highest BCUT2D eigenvalue weighted by atomic mass is 32.1. The second-order valence-electron chi connectivity index (χ2n) is 10.5. The number of anilines is 2. The van der Waals surface area contributed by atoms with E-state index in [-0.39, 0.29) is 18.0 Å². The molecule has 2 N–H and O–H groups in total. The van der Waals surface area contributed by atoms with Crippen LogP contribution >= 0.6 is 12.2 Å². The lowest BCUT2D eigenvalue weighted by Gasteiger charge is -2.29. The van der Waals surface area contributed by atoms with Crippen LogP contribution in [0, 0.1) is 34.6 Å². The van der Waals surface area contributed by atoms with Crippen LogP contribution in [0.5, 0.6) is 5.75 Å². The van der Waals surface area contributed by atoms with E-state index in [1.165, 1.54) is 29.3 Å². The van der Waals surface area contributed by atoms with Crippen LogP contribution in [-0.2, 0) is 4.79 Å². The van der Waals surface area contributed by atoms with Crippen molar-refractivity contribution >= 4 is 34.6 Å². The number of nitrogens with one attached hydrogen (secondary N) is 2. The van der Waals surface area contributed by atoms with Crippen molar-refractivity contribution in [3.63, 3.8) is 0 Å². The minimum absolute atomic E-state index is 0.173. The monoisotopic (exact) mass is 553 g/mol. The van der Waals surface area contributed by atoms with Crippen LogP contribution in [0.4, 0.5) is 11.4 Å². The number of nitrogens with zero attached hydrogens (tertiary/aromatic N) is 3. The lowest BCUT2D eigenvalue weighted by molar-refractivity contribution is -0.114. The van der Waals surface area contributed by atoms with E-state index in [1.54, 1.807) is 7.11 Å². The zero-order valence-electron chi connectivity index (χ0n) is 24.0. The Hall–Kier alpha value is -4.17. The summed E-state index contributed by atoms with van der Waals surface area (Å²) in [5, 5.41) is 7.03. The van der Waals surface area contributed by atoms with Crippen molar-refractivity contribution in [2.45, 2.75) is 53.6 Å². The molecule has 40 heavy (non-hydrogen) atoms. The van der Waals surface area contributed by atoms with Crippen molar-refractivity contribution in [2.75, 3.05) is 17.3 Å². The summed E-state index contributed by atoms with van der Waals surface area (Å²) in [4.78, 5) is 18.8. The Bertz CT molecular complexity index is 1590. The Morgan fingerprint density at radius 2 is 1.75 bits per heavy atom. The number of aryl methyl sites for hydroxylation is 4. The van der Waals surface area contributed by atoms with Crippen molar-refractivity contribution in [3.05, 3.63) is 100 Å². The van der Waals surface area contributed by atoms with E-state index in [0.29, 0.717) is 16.5 Å². The maximum absolute atomic E-state index is 12.0. The molecule has 0 spiro atoms. The third-order valence-electron chi connectivity index (χ3n) is 7.52. The number of thiocarbonyl (C=S) groups is 1. The van der Waals surface area contributed by atoms with Gasteiger partial charge in [0.2, 0.25) is 5.91 Å². The summed E-state index contributed by atoms with van der Waals surface area (Å²) in [6, 6.07) is 18.0. The molecule has 206 valence electrons. The van der Waals surface area contributed by atoms with Gasteiger partial charge in [-0.1, -0.05) is 23.8 Å². The molecular formula is C32H35N5O2S. The Labute approximate surface area is 241 Å². The molecule has 1 aliphatic rings. The van der Waals surface area contributed by atoms with Crippen LogP contribution in [0.2, 0.25) is 0 Å². The summed E-state index contributed by atoms with van der Waals surface area (Å²) >= 11 is 5.96. The number of hydrogen-bond acceptors (Lipinski definition) is 4. The van der Waals surface area contributed by atoms with Gasteiger partial charge in [-0.05, 0) is 99.9 Å². The molecule has 1 saturated heterocycles. The quantitative estimate of drug-likeness (QED) is 0.264. The van der Waals surface area contributed by atoms with Crippen LogP contribution in [-0.4, -0.2) is 27.7 Å². The predicted octanol–water partition coefficient (Wildman–Crippen LogP) is 6.56. The third kappa shape index (κ3) is 4.84. The molecule has 5 rings (SSSR count). The summed E-state index contributed by atoms with van der Waals surface area (Å²) in [5.41, 5.74) is 10.7. The van der Waals surface area contributed by atoms with Gasteiger partial charge < -0.3 is 24.8 Å². The summed E-state index contributed by atoms with van der Waals surface area (Å²) in [6.45, 7) is 12.3. The van der Waals surface area contributed by atoms with E-state index < -0.39 is 0 Å². The lowest BCUT2D eigenvalue weighted by Crippen LogP contribution is -2.29. The fourth-order valence-electron chi connectivity index (χ4n) is 6.04. The molecule has 1 aliphatic heterocycles. The van der Waals surface area contributed by atoms with E-state index in [0.717, 1.165) is 28.3 Å². The van der Waals surface area contributed by atoms with Gasteiger partial charge in [0, 0.05) is 30.2 Å². The second-order valence-corrected chi connectivity index (χ2v) is 10.9. The van der Waals surface area contributed by atoms with E-state index in [4.69, 9.17) is 21.9 Å². The van der Waals surface area contributed by atoms with Gasteiger partial charge in [0.25, 0.3) is 0 Å². The number of carbonyl (C=O) groups is 1. The highest BCUT2D eigenvalue weighted by Crippen LogP contribution is 2.45. The molecule has 7 nitrogen and oxygen atoms in total. The zero-order chi connectivity index (χ0) is 28.7. The fraction of sp³-hybridized carbons (Fsp3) is 0.281. The molecule has 0 unspecified atom stereocenters. The van der Waals surface area contributed by atoms with Gasteiger partial charge in [0.1, 0.15) is 5.75 Å². The summed E-state index contributed by atoms with van der Waals surface area (Å²) in [5.74, 6) is 0.409. The number of rotatable bonds is 6. The first kappa shape index (κ1) is 27.4. The van der Waals surface area contributed by atoms with E-state index in [2.05, 4.69) is 72.9 Å². The van der Waals surface area contributed by atoms with Crippen molar-refractivity contribution in [2.24, 2.45) is 0 Å². The number of ether oxygens (including phenoxy) is 1. The van der Waals surface area contributed by atoms with E-state index in [9.17, 15) is 4.79 Å². The Morgan fingerprint density at radius 1 is 1.02 bits per heavy atom. The smallest absolute Gasteiger partial charge is 0.221 e. The number of carbonyl (C=O) groups excluding carboxylic acids is 1. The second kappa shape index (κ2) is 10.8. The highest BCUT2D eigenvalue weighted by molar-refractivity contribution is 7.80. The molecule has 4 aromatic rings. The average Bonchev–Trinajstić information content (AvgIpc) is 3.39. The molecule has 8 heteroatoms. The molecule has 0 saturated carbocycles. The predicted molar refractivity (Wildman–Crippen MR) is 165 cm³/mol. The third-order valence-corrected chi connectivity index (χ3v) is 7.83. The van der Waals surface area contributed by atoms with Crippen molar-refractivity contribution < 1.29 is 9.53 Å². The topological polar surface area (TPSA) is 71.4 Å². The van der Waals surface area contributed by atoms with Gasteiger partial charge in [-0.25, -0.2) is 0 Å². The van der Waals surface area contributed by atoms with E-state index >= 15 is 0 Å². The number of methoxy groups -OCH3 is 1. The highest BCUT2D eigenvalue weighted by Gasteiger charge is 2.42. The lowest BCUT2D eigenvalue weighted by atomic mass is 9.96. The van der Waals surface area contributed by atoms with Crippen LogP contribution in [0.1, 0.15) is 58.3 Å². The fourth-order valence-corrected chi connectivity index (χ4v) is 6.38. The first-order valence-electron chi connectivity index (χ1n) is 13.3. The van der Waals surface area contributed by atoms with Crippen molar-refractivity contribution in [1.82, 2.24) is 14.9 Å². The van der Waals surface area contributed by atoms with Crippen LogP contribution < -0.4 is 20.3 Å². The van der Waals surface area contributed by atoms with Gasteiger partial charge in [-0.2, -0.15) is 0 Å². The van der Waals surface area contributed by atoms with Crippen LogP contribution in [0.25, 0.3) is 5.69 Å². The van der Waals surface area contributed by atoms with Crippen molar-refractivity contribution in [3.8, 4) is 11.4 Å². The Kier molecular flexibility index (Phi) is 7.38. The number of hydrogen-bond donors (Lipinski definition) is 2. The average molecular weight is 554 g/mol. The molecule has 0 aliphatic carbocycles. The number of benzene rings is 2. The largest absolute Gasteiger partial charge is 0.495 e. The van der Waals surface area contributed by atoms with Crippen molar-refractivity contribution in [1.29, 1.82) is 0 Å². The maximum Gasteiger partial charge on any atom is 0.221 e. The normalized spacial score (nSPS) is 16.7. The summed E-state index contributed by atoms with van der Waals surface area (Å²) < 4.78 is 7.87. The molecule has 3 heterocycles. The minimum Gasteiger partial charge on any atom is -0.495 e. The first-order valence-corrected chi connectivity index (χ1v) is 13.7. The van der Waals surface area contributed by atoms with Gasteiger partial charge in [0.15, 0.2) is 5.11 Å². The van der Waals surface area contributed by atoms with Crippen LogP contribution in [0.3, 0.4) is 0 Å². The molecule has 0 radical (unpaired) electrons. The summed E-state index contributed by atoms with van der Waals surface area (Å²) in [7, 11) is 1.59.